The molecule has 0 heterocycles. The van der Waals surface area contributed by atoms with Crippen molar-refractivity contribution in [2.24, 2.45) is 11.7 Å². The van der Waals surface area contributed by atoms with Crippen molar-refractivity contribution in [1.29, 1.82) is 0 Å². The zero-order valence-electron chi connectivity index (χ0n) is 16.6. The van der Waals surface area contributed by atoms with E-state index in [2.05, 4.69) is 5.32 Å². The summed E-state index contributed by atoms with van der Waals surface area (Å²) in [6.07, 6.45) is 4.35. The second-order valence-corrected chi connectivity index (χ2v) is 6.46. The number of carbonyl (C=O) groups excluding carboxylic acids is 1. The fourth-order valence-corrected chi connectivity index (χ4v) is 3.45. The zero-order chi connectivity index (χ0) is 18.9. The molecule has 154 valence electrons. The monoisotopic (exact) mass is 400 g/mol. The van der Waals surface area contributed by atoms with E-state index < -0.39 is 0 Å². The maximum absolute atomic E-state index is 12.9. The van der Waals surface area contributed by atoms with E-state index in [0.29, 0.717) is 55.1 Å². The third kappa shape index (κ3) is 6.18. The first-order valence-electron chi connectivity index (χ1n) is 9.71. The van der Waals surface area contributed by atoms with Crippen molar-refractivity contribution in [3.8, 4) is 17.2 Å². The van der Waals surface area contributed by atoms with Gasteiger partial charge in [-0.25, -0.2) is 0 Å². The highest BCUT2D eigenvalue weighted by Gasteiger charge is 2.26. The van der Waals surface area contributed by atoms with E-state index in [0.717, 1.165) is 19.3 Å². The molecule has 0 aliphatic heterocycles. The Morgan fingerprint density at radius 2 is 1.59 bits per heavy atom. The first kappa shape index (κ1) is 23.4. The molecule has 3 N–H and O–H groups in total. The van der Waals surface area contributed by atoms with Gasteiger partial charge < -0.3 is 25.3 Å². The smallest absolute Gasteiger partial charge is 0.251 e. The highest BCUT2D eigenvalue weighted by atomic mass is 35.5. The van der Waals surface area contributed by atoms with Gasteiger partial charge in [0, 0.05) is 11.6 Å². The summed E-state index contributed by atoms with van der Waals surface area (Å²) in [5, 5.41) is 3.16. The lowest BCUT2D eigenvalue weighted by atomic mass is 9.84. The van der Waals surface area contributed by atoms with Crippen LogP contribution in [0, 0.1) is 5.92 Å². The van der Waals surface area contributed by atoms with Crippen molar-refractivity contribution >= 4 is 18.3 Å². The van der Waals surface area contributed by atoms with Gasteiger partial charge in [0.15, 0.2) is 11.5 Å². The minimum absolute atomic E-state index is 0. The molecule has 0 radical (unpaired) electrons. The molecule has 2 rings (SSSR count). The van der Waals surface area contributed by atoms with Gasteiger partial charge in [-0.1, -0.05) is 12.8 Å². The van der Waals surface area contributed by atoms with E-state index in [4.69, 9.17) is 19.9 Å². The number of nitrogens with one attached hydrogen (secondary N) is 1. The normalized spacial score (nSPS) is 19.0. The summed E-state index contributed by atoms with van der Waals surface area (Å²) >= 11 is 0. The lowest BCUT2D eigenvalue weighted by Crippen LogP contribution is -2.44. The SMILES string of the molecule is CCOc1cc(C(=O)NC2CCCCC2CN)cc(OCC)c1OCC.Cl. The van der Waals surface area contributed by atoms with Gasteiger partial charge in [-0.05, 0) is 58.2 Å². The number of benzene rings is 1. The second kappa shape index (κ2) is 11.9. The topological polar surface area (TPSA) is 82.8 Å². The van der Waals surface area contributed by atoms with Gasteiger partial charge in [0.2, 0.25) is 5.75 Å². The number of hydrogen-bond acceptors (Lipinski definition) is 5. The predicted octanol–water partition coefficient (Wildman–Crippen LogP) is 3.55. The van der Waals surface area contributed by atoms with Crippen LogP contribution in [0.4, 0.5) is 0 Å². The molecule has 1 fully saturated rings. The first-order chi connectivity index (χ1) is 12.6. The highest BCUT2D eigenvalue weighted by molar-refractivity contribution is 5.95. The molecule has 2 unspecified atom stereocenters. The fourth-order valence-electron chi connectivity index (χ4n) is 3.45. The van der Waals surface area contributed by atoms with E-state index in [1.54, 1.807) is 12.1 Å². The maximum Gasteiger partial charge on any atom is 0.251 e. The van der Waals surface area contributed by atoms with Crippen LogP contribution in [-0.4, -0.2) is 38.3 Å². The van der Waals surface area contributed by atoms with Gasteiger partial charge in [0.05, 0.1) is 19.8 Å². The number of amides is 1. The van der Waals surface area contributed by atoms with E-state index >= 15 is 0 Å². The van der Waals surface area contributed by atoms with Crippen molar-refractivity contribution in [1.82, 2.24) is 5.32 Å². The lowest BCUT2D eigenvalue weighted by molar-refractivity contribution is 0.0907. The summed E-state index contributed by atoms with van der Waals surface area (Å²) in [6.45, 7) is 7.76. The van der Waals surface area contributed by atoms with Gasteiger partial charge in [0.25, 0.3) is 5.91 Å². The van der Waals surface area contributed by atoms with Gasteiger partial charge in [-0.15, -0.1) is 12.4 Å². The van der Waals surface area contributed by atoms with Crippen LogP contribution in [0.1, 0.15) is 56.8 Å². The molecule has 0 spiro atoms. The van der Waals surface area contributed by atoms with Crippen LogP contribution in [-0.2, 0) is 0 Å². The van der Waals surface area contributed by atoms with Gasteiger partial charge in [-0.2, -0.15) is 0 Å². The molecule has 1 aliphatic carbocycles. The van der Waals surface area contributed by atoms with Crippen LogP contribution in [0.5, 0.6) is 17.2 Å². The van der Waals surface area contributed by atoms with Crippen molar-refractivity contribution in [2.45, 2.75) is 52.5 Å². The number of halogens is 1. The molecule has 1 aromatic rings. The molecule has 27 heavy (non-hydrogen) atoms. The molecule has 0 bridgehead atoms. The Balaban J connectivity index is 0.00000364. The zero-order valence-corrected chi connectivity index (χ0v) is 17.4. The van der Waals surface area contributed by atoms with E-state index in [1.165, 1.54) is 6.42 Å². The number of carbonyl (C=O) groups is 1. The molecule has 1 aromatic carbocycles. The van der Waals surface area contributed by atoms with E-state index in [-0.39, 0.29) is 24.4 Å². The largest absolute Gasteiger partial charge is 0.490 e. The van der Waals surface area contributed by atoms with Crippen molar-refractivity contribution < 1.29 is 19.0 Å². The fraction of sp³-hybridized carbons (Fsp3) is 0.650. The van der Waals surface area contributed by atoms with Gasteiger partial charge in [0.1, 0.15) is 0 Å². The Bertz CT molecular complexity index is 570. The Labute approximate surface area is 168 Å². The number of hydrogen-bond donors (Lipinski definition) is 2. The third-order valence-electron chi connectivity index (χ3n) is 4.70. The van der Waals surface area contributed by atoms with Crippen LogP contribution in [0.15, 0.2) is 12.1 Å². The number of rotatable bonds is 9. The average Bonchev–Trinajstić information content (AvgIpc) is 2.65. The van der Waals surface area contributed by atoms with Crippen molar-refractivity contribution in [3.63, 3.8) is 0 Å². The molecule has 2 atom stereocenters. The summed E-state index contributed by atoms with van der Waals surface area (Å²) in [5.41, 5.74) is 6.40. The van der Waals surface area contributed by atoms with Crippen LogP contribution in [0.2, 0.25) is 0 Å². The molecule has 1 aliphatic rings. The standard InChI is InChI=1S/C20H32N2O4.ClH/c1-4-24-17-11-15(12-18(25-5-2)19(17)26-6-3)20(23)22-16-10-8-7-9-14(16)13-21;/h11-12,14,16H,4-10,13,21H2,1-3H3,(H,22,23);1H. The molecular weight excluding hydrogens is 368 g/mol. The van der Waals surface area contributed by atoms with Crippen LogP contribution >= 0.6 is 12.4 Å². The lowest BCUT2D eigenvalue weighted by Gasteiger charge is -2.31. The molecule has 0 aromatic heterocycles. The van der Waals surface area contributed by atoms with Gasteiger partial charge in [-0.3, -0.25) is 4.79 Å². The van der Waals surface area contributed by atoms with Crippen molar-refractivity contribution in [3.05, 3.63) is 17.7 Å². The Morgan fingerprint density at radius 3 is 2.11 bits per heavy atom. The van der Waals surface area contributed by atoms with Crippen LogP contribution in [0.25, 0.3) is 0 Å². The average molecular weight is 401 g/mol. The maximum atomic E-state index is 12.9. The van der Waals surface area contributed by atoms with Crippen LogP contribution < -0.4 is 25.3 Å². The highest BCUT2D eigenvalue weighted by Crippen LogP contribution is 2.39. The number of ether oxygens (including phenoxy) is 3. The minimum Gasteiger partial charge on any atom is -0.490 e. The minimum atomic E-state index is -0.125. The molecule has 6 nitrogen and oxygen atoms in total. The van der Waals surface area contributed by atoms with Crippen LogP contribution in [0.3, 0.4) is 0 Å². The summed E-state index contributed by atoms with van der Waals surface area (Å²) in [6, 6.07) is 3.58. The quantitative estimate of drug-likeness (QED) is 0.662. The Kier molecular flexibility index (Phi) is 10.3. The third-order valence-corrected chi connectivity index (χ3v) is 4.70. The molecular formula is C20H33ClN2O4. The van der Waals surface area contributed by atoms with E-state index in [1.807, 2.05) is 20.8 Å². The predicted molar refractivity (Wildman–Crippen MR) is 109 cm³/mol. The summed E-state index contributed by atoms with van der Waals surface area (Å²) in [7, 11) is 0. The number of nitrogens with two attached hydrogens (primary N) is 1. The summed E-state index contributed by atoms with van der Waals surface area (Å²) in [5.74, 6) is 1.83. The first-order valence-corrected chi connectivity index (χ1v) is 9.71. The summed E-state index contributed by atoms with van der Waals surface area (Å²) in [4.78, 5) is 12.9. The second-order valence-electron chi connectivity index (χ2n) is 6.46. The molecule has 0 saturated heterocycles. The summed E-state index contributed by atoms with van der Waals surface area (Å²) < 4.78 is 17.1. The van der Waals surface area contributed by atoms with Crippen molar-refractivity contribution in [2.75, 3.05) is 26.4 Å². The Hall–Kier alpha value is -1.66. The molecule has 1 amide bonds. The molecule has 1 saturated carbocycles. The van der Waals surface area contributed by atoms with E-state index in [9.17, 15) is 4.79 Å². The molecule has 7 heteroatoms. The Morgan fingerprint density at radius 1 is 1.04 bits per heavy atom. The van der Waals surface area contributed by atoms with Gasteiger partial charge >= 0.3 is 0 Å².